The van der Waals surface area contributed by atoms with Gasteiger partial charge in [-0.1, -0.05) is 12.1 Å². The molecule has 1 rings (SSSR count). The Bertz CT molecular complexity index is 233. The van der Waals surface area contributed by atoms with Crippen molar-refractivity contribution in [1.82, 2.24) is 0 Å². The van der Waals surface area contributed by atoms with Gasteiger partial charge in [-0.2, -0.15) is 0 Å². The summed E-state index contributed by atoms with van der Waals surface area (Å²) in [7, 11) is 3.97. The van der Waals surface area contributed by atoms with Crippen LogP contribution >= 0.6 is 0 Å². The lowest BCUT2D eigenvalue weighted by Crippen LogP contribution is -2.08. The van der Waals surface area contributed by atoms with Gasteiger partial charge in [0.15, 0.2) is 0 Å². The van der Waals surface area contributed by atoms with Crippen LogP contribution in [0.25, 0.3) is 0 Å². The summed E-state index contributed by atoms with van der Waals surface area (Å²) in [6.45, 7) is 1.77. The third kappa shape index (κ3) is 1.98. The maximum Gasteiger partial charge on any atom is 0.0762 e. The molecule has 1 atom stereocenters. The predicted molar refractivity (Wildman–Crippen MR) is 51.4 cm³/mol. The minimum absolute atomic E-state index is 0.384. The Morgan fingerprint density at radius 2 is 2.00 bits per heavy atom. The van der Waals surface area contributed by atoms with Crippen molar-refractivity contribution in [3.63, 3.8) is 0 Å². The standard InChI is InChI=1S/C10H15NO/c1-8(12)9-5-4-6-10(7-9)11(2)3/h4-8,12H,1-3H3/t8-/m0/s1. The first-order valence-electron chi connectivity index (χ1n) is 4.06. The van der Waals surface area contributed by atoms with E-state index in [1.54, 1.807) is 6.92 Å². The van der Waals surface area contributed by atoms with Crippen molar-refractivity contribution in [1.29, 1.82) is 0 Å². The summed E-state index contributed by atoms with van der Waals surface area (Å²) in [5.74, 6) is 0. The first-order chi connectivity index (χ1) is 5.61. The monoisotopic (exact) mass is 165 g/mol. The van der Waals surface area contributed by atoms with Crippen LogP contribution in [-0.4, -0.2) is 19.2 Å². The van der Waals surface area contributed by atoms with Gasteiger partial charge in [0, 0.05) is 19.8 Å². The third-order valence-corrected chi connectivity index (χ3v) is 1.87. The fraction of sp³-hybridized carbons (Fsp3) is 0.400. The Morgan fingerprint density at radius 1 is 1.33 bits per heavy atom. The summed E-state index contributed by atoms with van der Waals surface area (Å²) in [5, 5.41) is 9.31. The quantitative estimate of drug-likeness (QED) is 0.722. The van der Waals surface area contributed by atoms with Gasteiger partial charge in [-0.3, -0.25) is 0 Å². The van der Waals surface area contributed by atoms with E-state index >= 15 is 0 Å². The van der Waals surface area contributed by atoms with Gasteiger partial charge in [0.25, 0.3) is 0 Å². The lowest BCUT2D eigenvalue weighted by atomic mass is 10.1. The number of hydrogen-bond acceptors (Lipinski definition) is 2. The fourth-order valence-electron chi connectivity index (χ4n) is 1.06. The highest BCUT2D eigenvalue weighted by atomic mass is 16.3. The Morgan fingerprint density at radius 3 is 2.50 bits per heavy atom. The second-order valence-electron chi connectivity index (χ2n) is 3.17. The molecule has 0 bridgehead atoms. The van der Waals surface area contributed by atoms with Crippen LogP contribution in [0.5, 0.6) is 0 Å². The molecule has 0 aliphatic carbocycles. The van der Waals surface area contributed by atoms with Crippen molar-refractivity contribution in [3.8, 4) is 0 Å². The van der Waals surface area contributed by atoms with E-state index in [1.165, 1.54) is 0 Å². The van der Waals surface area contributed by atoms with Gasteiger partial charge in [-0.15, -0.1) is 0 Å². The van der Waals surface area contributed by atoms with Crippen molar-refractivity contribution in [3.05, 3.63) is 29.8 Å². The molecule has 0 radical (unpaired) electrons. The summed E-state index contributed by atoms with van der Waals surface area (Å²) < 4.78 is 0. The summed E-state index contributed by atoms with van der Waals surface area (Å²) >= 11 is 0. The average Bonchev–Trinajstić information content (AvgIpc) is 2.04. The van der Waals surface area contributed by atoms with Crippen molar-refractivity contribution in [2.45, 2.75) is 13.0 Å². The number of aliphatic hydroxyl groups excluding tert-OH is 1. The predicted octanol–water partition coefficient (Wildman–Crippen LogP) is 1.81. The van der Waals surface area contributed by atoms with Crippen LogP contribution in [0, 0.1) is 0 Å². The fourth-order valence-corrected chi connectivity index (χ4v) is 1.06. The van der Waals surface area contributed by atoms with Crippen molar-refractivity contribution in [2.75, 3.05) is 19.0 Å². The summed E-state index contributed by atoms with van der Waals surface area (Å²) in [6, 6.07) is 7.89. The molecule has 0 fully saturated rings. The minimum Gasteiger partial charge on any atom is -0.389 e. The molecule has 2 heteroatoms. The van der Waals surface area contributed by atoms with Crippen LogP contribution < -0.4 is 4.90 Å². The normalized spacial score (nSPS) is 12.7. The zero-order valence-electron chi connectivity index (χ0n) is 7.78. The number of aliphatic hydroxyl groups is 1. The number of nitrogens with zero attached hydrogens (tertiary/aromatic N) is 1. The smallest absolute Gasteiger partial charge is 0.0762 e. The Kier molecular flexibility index (Phi) is 2.71. The maximum atomic E-state index is 9.31. The Labute approximate surface area is 73.4 Å². The SMILES string of the molecule is C[C@H](O)c1cccc(N(C)C)c1. The van der Waals surface area contributed by atoms with Crippen LogP contribution in [0.1, 0.15) is 18.6 Å². The summed E-state index contributed by atoms with van der Waals surface area (Å²) in [6.07, 6.45) is -0.384. The molecule has 0 saturated heterocycles. The molecular formula is C10H15NO. The van der Waals surface area contributed by atoms with Crippen LogP contribution in [0.4, 0.5) is 5.69 Å². The van der Waals surface area contributed by atoms with E-state index in [0.717, 1.165) is 11.3 Å². The molecule has 0 spiro atoms. The topological polar surface area (TPSA) is 23.5 Å². The minimum atomic E-state index is -0.384. The number of hydrogen-bond donors (Lipinski definition) is 1. The van der Waals surface area contributed by atoms with Gasteiger partial charge in [-0.05, 0) is 24.6 Å². The molecule has 0 saturated carbocycles. The number of anilines is 1. The molecule has 2 nitrogen and oxygen atoms in total. The molecule has 1 aromatic rings. The van der Waals surface area contributed by atoms with Gasteiger partial charge >= 0.3 is 0 Å². The molecule has 1 aromatic carbocycles. The molecule has 0 amide bonds. The van der Waals surface area contributed by atoms with Gasteiger partial charge in [0.1, 0.15) is 0 Å². The first-order valence-corrected chi connectivity index (χ1v) is 4.06. The van der Waals surface area contributed by atoms with Gasteiger partial charge in [-0.25, -0.2) is 0 Å². The average molecular weight is 165 g/mol. The van der Waals surface area contributed by atoms with Crippen molar-refractivity contribution >= 4 is 5.69 Å². The van der Waals surface area contributed by atoms with E-state index in [0.29, 0.717) is 0 Å². The largest absolute Gasteiger partial charge is 0.389 e. The highest BCUT2D eigenvalue weighted by Crippen LogP contribution is 2.18. The van der Waals surface area contributed by atoms with Crippen molar-refractivity contribution < 1.29 is 5.11 Å². The van der Waals surface area contributed by atoms with E-state index in [1.807, 2.05) is 43.3 Å². The van der Waals surface area contributed by atoms with E-state index < -0.39 is 0 Å². The molecule has 0 heterocycles. The van der Waals surface area contributed by atoms with E-state index in [-0.39, 0.29) is 6.10 Å². The Balaban J connectivity index is 2.96. The molecule has 0 aliphatic heterocycles. The van der Waals surface area contributed by atoms with E-state index in [4.69, 9.17) is 0 Å². The number of benzene rings is 1. The van der Waals surface area contributed by atoms with Gasteiger partial charge in [0.2, 0.25) is 0 Å². The molecular weight excluding hydrogens is 150 g/mol. The zero-order valence-corrected chi connectivity index (χ0v) is 7.78. The zero-order chi connectivity index (χ0) is 9.14. The highest BCUT2D eigenvalue weighted by molar-refractivity contribution is 5.47. The molecule has 12 heavy (non-hydrogen) atoms. The molecule has 1 N–H and O–H groups in total. The summed E-state index contributed by atoms with van der Waals surface area (Å²) in [4.78, 5) is 2.02. The van der Waals surface area contributed by atoms with Crippen molar-refractivity contribution in [2.24, 2.45) is 0 Å². The third-order valence-electron chi connectivity index (χ3n) is 1.87. The van der Waals surface area contributed by atoms with Gasteiger partial charge < -0.3 is 10.0 Å². The summed E-state index contributed by atoms with van der Waals surface area (Å²) in [5.41, 5.74) is 2.08. The van der Waals surface area contributed by atoms with E-state index in [2.05, 4.69) is 0 Å². The first kappa shape index (κ1) is 9.07. The molecule has 66 valence electrons. The molecule has 0 aromatic heterocycles. The molecule has 0 unspecified atom stereocenters. The second kappa shape index (κ2) is 3.59. The van der Waals surface area contributed by atoms with E-state index in [9.17, 15) is 5.11 Å². The lowest BCUT2D eigenvalue weighted by molar-refractivity contribution is 0.199. The van der Waals surface area contributed by atoms with Crippen LogP contribution in [0.2, 0.25) is 0 Å². The molecule has 0 aliphatic rings. The van der Waals surface area contributed by atoms with Crippen LogP contribution in [0.15, 0.2) is 24.3 Å². The number of rotatable bonds is 2. The second-order valence-corrected chi connectivity index (χ2v) is 3.17. The van der Waals surface area contributed by atoms with Gasteiger partial charge in [0.05, 0.1) is 6.10 Å². The highest BCUT2D eigenvalue weighted by Gasteiger charge is 2.01. The Hall–Kier alpha value is -1.02. The van der Waals surface area contributed by atoms with Crippen LogP contribution in [-0.2, 0) is 0 Å². The maximum absolute atomic E-state index is 9.31. The van der Waals surface area contributed by atoms with Crippen LogP contribution in [0.3, 0.4) is 0 Å². The lowest BCUT2D eigenvalue weighted by Gasteiger charge is -2.14.